The summed E-state index contributed by atoms with van der Waals surface area (Å²) in [6.45, 7) is 4.05. The molecule has 1 atom stereocenters. The lowest BCUT2D eigenvalue weighted by Gasteiger charge is -2.21. The van der Waals surface area contributed by atoms with E-state index in [1.54, 1.807) is 35.6 Å². The number of carbonyl (C=O) groups is 2. The summed E-state index contributed by atoms with van der Waals surface area (Å²) in [5, 5.41) is 4.98. The van der Waals surface area contributed by atoms with Crippen LogP contribution in [0.1, 0.15) is 35.1 Å². The molecule has 2 aromatic rings. The van der Waals surface area contributed by atoms with Crippen LogP contribution in [0.2, 0.25) is 0 Å². The molecule has 2 rings (SSSR count). The highest BCUT2D eigenvalue weighted by molar-refractivity contribution is 7.10. The lowest BCUT2D eigenvalue weighted by atomic mass is 10.0. The summed E-state index contributed by atoms with van der Waals surface area (Å²) in [5.74, 6) is 0.121. The van der Waals surface area contributed by atoms with Gasteiger partial charge in [0.2, 0.25) is 5.91 Å². The van der Waals surface area contributed by atoms with Gasteiger partial charge in [0.05, 0.1) is 6.04 Å². The van der Waals surface area contributed by atoms with Crippen LogP contribution in [0.4, 0.5) is 0 Å². The van der Waals surface area contributed by atoms with E-state index in [9.17, 15) is 9.59 Å². The van der Waals surface area contributed by atoms with Crippen molar-refractivity contribution < 1.29 is 14.3 Å². The molecular formula is C17H20N2O3S. The monoisotopic (exact) mass is 332 g/mol. The molecule has 0 spiro atoms. The van der Waals surface area contributed by atoms with Gasteiger partial charge in [-0.1, -0.05) is 19.9 Å². The van der Waals surface area contributed by atoms with Gasteiger partial charge in [-0.3, -0.25) is 9.59 Å². The molecule has 0 saturated carbocycles. The van der Waals surface area contributed by atoms with Crippen LogP contribution in [0.15, 0.2) is 41.8 Å². The van der Waals surface area contributed by atoms with Crippen molar-refractivity contribution in [1.29, 1.82) is 0 Å². The molecule has 23 heavy (non-hydrogen) atoms. The quantitative estimate of drug-likeness (QED) is 0.818. The number of primary amides is 1. The molecule has 3 N–H and O–H groups in total. The highest BCUT2D eigenvalue weighted by Crippen LogP contribution is 2.25. The van der Waals surface area contributed by atoms with Crippen LogP contribution in [0, 0.1) is 5.92 Å². The van der Waals surface area contributed by atoms with Crippen LogP contribution in [0.5, 0.6) is 5.75 Å². The standard InChI is InChI=1S/C17H20N2O3S/c1-11(2)16(14-4-3-9-23-14)19-15(20)10-22-13-7-5-12(6-8-13)17(18)21/h3-9,11,16H,10H2,1-2H3,(H2,18,21)(H,19,20). The molecule has 0 radical (unpaired) electrons. The first-order valence-electron chi connectivity index (χ1n) is 7.33. The maximum Gasteiger partial charge on any atom is 0.258 e. The van der Waals surface area contributed by atoms with Gasteiger partial charge in [0, 0.05) is 10.4 Å². The van der Waals surface area contributed by atoms with Gasteiger partial charge in [0.25, 0.3) is 5.91 Å². The van der Waals surface area contributed by atoms with E-state index in [-0.39, 0.29) is 24.5 Å². The highest BCUT2D eigenvalue weighted by Gasteiger charge is 2.19. The fraction of sp³-hybridized carbons (Fsp3) is 0.294. The second kappa shape index (κ2) is 7.78. The van der Waals surface area contributed by atoms with Gasteiger partial charge >= 0.3 is 0 Å². The molecule has 5 nitrogen and oxygen atoms in total. The van der Waals surface area contributed by atoms with Crippen molar-refractivity contribution >= 4 is 23.2 Å². The Morgan fingerprint density at radius 3 is 2.43 bits per heavy atom. The molecule has 122 valence electrons. The average Bonchev–Trinajstić information content (AvgIpc) is 3.04. The Balaban J connectivity index is 1.90. The first kappa shape index (κ1) is 17.0. The van der Waals surface area contributed by atoms with Crippen molar-refractivity contribution in [2.24, 2.45) is 11.7 Å². The number of benzene rings is 1. The van der Waals surface area contributed by atoms with E-state index < -0.39 is 5.91 Å². The van der Waals surface area contributed by atoms with Crippen LogP contribution >= 0.6 is 11.3 Å². The minimum absolute atomic E-state index is 0.0247. The lowest BCUT2D eigenvalue weighted by Crippen LogP contribution is -2.34. The molecule has 0 saturated heterocycles. The summed E-state index contributed by atoms with van der Waals surface area (Å²) < 4.78 is 5.44. The summed E-state index contributed by atoms with van der Waals surface area (Å²) in [4.78, 5) is 24.2. The molecule has 2 amide bonds. The number of nitrogens with one attached hydrogen (secondary N) is 1. The van der Waals surface area contributed by atoms with Crippen molar-refractivity contribution in [2.45, 2.75) is 19.9 Å². The van der Waals surface area contributed by atoms with Crippen molar-refractivity contribution in [3.8, 4) is 5.75 Å². The first-order valence-corrected chi connectivity index (χ1v) is 8.20. The van der Waals surface area contributed by atoms with Crippen LogP contribution in [0.3, 0.4) is 0 Å². The van der Waals surface area contributed by atoms with Crippen LogP contribution in [-0.2, 0) is 4.79 Å². The van der Waals surface area contributed by atoms with E-state index in [0.29, 0.717) is 11.3 Å². The number of amides is 2. The van der Waals surface area contributed by atoms with Gasteiger partial charge in [-0.15, -0.1) is 11.3 Å². The number of ether oxygens (including phenoxy) is 1. The Hall–Kier alpha value is -2.34. The normalized spacial score (nSPS) is 12.0. The molecule has 1 aromatic heterocycles. The predicted molar refractivity (Wildman–Crippen MR) is 90.5 cm³/mol. The molecule has 1 unspecified atom stereocenters. The Kier molecular flexibility index (Phi) is 5.76. The summed E-state index contributed by atoms with van der Waals surface area (Å²) in [7, 11) is 0. The molecule has 1 heterocycles. The Morgan fingerprint density at radius 1 is 1.22 bits per heavy atom. The molecular weight excluding hydrogens is 312 g/mol. The van der Waals surface area contributed by atoms with Crippen molar-refractivity contribution in [3.63, 3.8) is 0 Å². The predicted octanol–water partition coefficient (Wildman–Crippen LogP) is 2.74. The van der Waals surface area contributed by atoms with Gasteiger partial charge in [0.1, 0.15) is 5.75 Å². The SMILES string of the molecule is CC(C)C(NC(=O)COc1ccc(C(N)=O)cc1)c1cccs1. The van der Waals surface area contributed by atoms with Gasteiger partial charge < -0.3 is 15.8 Å². The van der Waals surface area contributed by atoms with Gasteiger partial charge in [-0.25, -0.2) is 0 Å². The number of hydrogen-bond donors (Lipinski definition) is 2. The molecule has 0 aliphatic carbocycles. The first-order chi connectivity index (χ1) is 11.0. The number of hydrogen-bond acceptors (Lipinski definition) is 4. The average molecular weight is 332 g/mol. The third kappa shape index (κ3) is 4.82. The van der Waals surface area contributed by atoms with Crippen LogP contribution in [0.25, 0.3) is 0 Å². The van der Waals surface area contributed by atoms with Crippen LogP contribution in [-0.4, -0.2) is 18.4 Å². The molecule has 0 fully saturated rings. The van der Waals surface area contributed by atoms with Crippen molar-refractivity contribution in [3.05, 3.63) is 52.2 Å². The zero-order chi connectivity index (χ0) is 16.8. The zero-order valence-corrected chi connectivity index (χ0v) is 13.9. The highest BCUT2D eigenvalue weighted by atomic mass is 32.1. The smallest absolute Gasteiger partial charge is 0.258 e. The summed E-state index contributed by atoms with van der Waals surface area (Å²) >= 11 is 1.62. The van der Waals surface area contributed by atoms with E-state index in [2.05, 4.69) is 19.2 Å². The number of thiophene rings is 1. The van der Waals surface area contributed by atoms with E-state index in [0.717, 1.165) is 4.88 Å². The fourth-order valence-electron chi connectivity index (χ4n) is 2.11. The minimum Gasteiger partial charge on any atom is -0.484 e. The second-order valence-electron chi connectivity index (χ2n) is 5.48. The van der Waals surface area contributed by atoms with Gasteiger partial charge in [-0.2, -0.15) is 0 Å². The van der Waals surface area contributed by atoms with E-state index >= 15 is 0 Å². The number of rotatable bonds is 7. The lowest BCUT2D eigenvalue weighted by molar-refractivity contribution is -0.124. The maximum atomic E-state index is 12.1. The van der Waals surface area contributed by atoms with E-state index in [1.165, 1.54) is 0 Å². The molecule has 0 aliphatic rings. The van der Waals surface area contributed by atoms with Crippen molar-refractivity contribution in [1.82, 2.24) is 5.32 Å². The fourth-order valence-corrected chi connectivity index (χ4v) is 3.06. The van der Waals surface area contributed by atoms with Crippen molar-refractivity contribution in [2.75, 3.05) is 6.61 Å². The van der Waals surface area contributed by atoms with Gasteiger partial charge in [-0.05, 0) is 41.6 Å². The van der Waals surface area contributed by atoms with E-state index in [4.69, 9.17) is 10.5 Å². The van der Waals surface area contributed by atoms with Gasteiger partial charge in [0.15, 0.2) is 6.61 Å². The Bertz CT molecular complexity index is 651. The Morgan fingerprint density at radius 2 is 1.91 bits per heavy atom. The third-order valence-electron chi connectivity index (χ3n) is 3.34. The van der Waals surface area contributed by atoms with Crippen LogP contribution < -0.4 is 15.8 Å². The largest absolute Gasteiger partial charge is 0.484 e. The molecule has 0 bridgehead atoms. The third-order valence-corrected chi connectivity index (χ3v) is 4.30. The molecule has 6 heteroatoms. The summed E-state index contributed by atoms with van der Waals surface area (Å²) in [5.41, 5.74) is 5.57. The minimum atomic E-state index is -0.495. The summed E-state index contributed by atoms with van der Waals surface area (Å²) in [6, 6.07) is 10.3. The second-order valence-corrected chi connectivity index (χ2v) is 6.46. The van der Waals surface area contributed by atoms with E-state index in [1.807, 2.05) is 17.5 Å². The Labute approximate surface area is 139 Å². The zero-order valence-electron chi connectivity index (χ0n) is 13.1. The number of carbonyl (C=O) groups excluding carboxylic acids is 2. The maximum absolute atomic E-state index is 12.1. The number of nitrogens with two attached hydrogens (primary N) is 1. The molecule has 1 aromatic carbocycles. The molecule has 0 aliphatic heterocycles. The summed E-state index contributed by atoms with van der Waals surface area (Å²) in [6.07, 6.45) is 0. The topological polar surface area (TPSA) is 81.4 Å².